The summed E-state index contributed by atoms with van der Waals surface area (Å²) in [6.07, 6.45) is 0.700. The first-order valence-electron chi connectivity index (χ1n) is 12.6. The second kappa shape index (κ2) is 12.5. The van der Waals surface area contributed by atoms with Crippen LogP contribution in [0.2, 0.25) is 0 Å². The summed E-state index contributed by atoms with van der Waals surface area (Å²) in [6.45, 7) is 1.84. The van der Waals surface area contributed by atoms with Crippen molar-refractivity contribution in [2.45, 2.75) is 17.1 Å². The number of sulfone groups is 1. The molecule has 0 radical (unpaired) electrons. The number of pyridine rings is 1. The Bertz CT molecular complexity index is 1670. The number of hydrogen-bond donors (Lipinski definition) is 3. The molecule has 0 saturated carbocycles. The summed E-state index contributed by atoms with van der Waals surface area (Å²) in [4.78, 5) is 21.8. The molecule has 0 saturated heterocycles. The fourth-order valence-corrected chi connectivity index (χ4v) is 5.51. The summed E-state index contributed by atoms with van der Waals surface area (Å²) >= 11 is 0. The van der Waals surface area contributed by atoms with Crippen molar-refractivity contribution in [2.75, 3.05) is 33.3 Å². The summed E-state index contributed by atoms with van der Waals surface area (Å²) in [6, 6.07) is 9.46. The highest BCUT2D eigenvalue weighted by Crippen LogP contribution is 2.36. The van der Waals surface area contributed by atoms with Gasteiger partial charge in [0.1, 0.15) is 23.2 Å². The molecule has 0 bridgehead atoms. The number of carbonyl (C=O) groups excluding carboxylic acids is 1. The Morgan fingerprint density at radius 3 is 2.60 bits per heavy atom. The fourth-order valence-electron chi connectivity index (χ4n) is 4.07. The van der Waals surface area contributed by atoms with Gasteiger partial charge >= 0.3 is 5.97 Å². The monoisotopic (exact) mass is 602 g/mol. The number of nitrogens with two attached hydrogens (primary N) is 2. The van der Waals surface area contributed by atoms with Crippen molar-refractivity contribution >= 4 is 27.5 Å². The number of halogens is 2. The molecule has 12 nitrogen and oxygen atoms in total. The maximum Gasteiger partial charge on any atom is 0.326 e. The number of amidine groups is 2. The van der Waals surface area contributed by atoms with E-state index in [0.717, 1.165) is 6.07 Å². The van der Waals surface area contributed by atoms with Gasteiger partial charge in [-0.3, -0.25) is 15.2 Å². The van der Waals surface area contributed by atoms with Gasteiger partial charge in [0.05, 0.1) is 29.8 Å². The van der Waals surface area contributed by atoms with Crippen LogP contribution in [0, 0.1) is 17.0 Å². The third kappa shape index (κ3) is 6.16. The highest BCUT2D eigenvalue weighted by Gasteiger charge is 2.35. The van der Waals surface area contributed by atoms with Crippen molar-refractivity contribution in [3.8, 4) is 23.1 Å². The van der Waals surface area contributed by atoms with Gasteiger partial charge in [-0.05, 0) is 37.3 Å². The van der Waals surface area contributed by atoms with Gasteiger partial charge in [-0.15, -0.1) is 0 Å². The summed E-state index contributed by atoms with van der Waals surface area (Å²) < 4.78 is 73.1. The van der Waals surface area contributed by atoms with E-state index in [1.165, 1.54) is 37.3 Å². The van der Waals surface area contributed by atoms with Crippen molar-refractivity contribution in [3.05, 3.63) is 71.4 Å². The van der Waals surface area contributed by atoms with Crippen molar-refractivity contribution in [1.29, 1.82) is 5.41 Å². The van der Waals surface area contributed by atoms with Gasteiger partial charge in [0.15, 0.2) is 20.9 Å². The van der Waals surface area contributed by atoms with E-state index in [9.17, 15) is 17.6 Å². The number of aromatic nitrogens is 1. The second-order valence-electron chi connectivity index (χ2n) is 9.01. The van der Waals surface area contributed by atoms with Gasteiger partial charge in [0.25, 0.3) is 5.88 Å². The van der Waals surface area contributed by atoms with E-state index in [1.807, 2.05) is 0 Å². The van der Waals surface area contributed by atoms with Crippen molar-refractivity contribution in [3.63, 3.8) is 0 Å². The number of nitrogens with one attached hydrogen (secondary N) is 1. The highest BCUT2D eigenvalue weighted by atomic mass is 32.2. The average Bonchev–Trinajstić information content (AvgIpc) is 3.38. The molecule has 4 rings (SSSR count). The van der Waals surface area contributed by atoms with E-state index in [4.69, 9.17) is 31.1 Å². The van der Waals surface area contributed by atoms with Crippen LogP contribution in [0.3, 0.4) is 0 Å². The fraction of sp³-hybridized carbons (Fsp3) is 0.259. The molecule has 1 atom stereocenters. The molecule has 42 heavy (non-hydrogen) atoms. The number of nitrogens with zero attached hydrogens (tertiary/aromatic N) is 3. The van der Waals surface area contributed by atoms with E-state index in [-0.39, 0.29) is 34.4 Å². The molecule has 2 heterocycles. The van der Waals surface area contributed by atoms with E-state index in [1.54, 1.807) is 18.0 Å². The minimum Gasteiger partial charge on any atom is -0.465 e. The second-order valence-corrected chi connectivity index (χ2v) is 11.1. The van der Waals surface area contributed by atoms with Crippen LogP contribution in [-0.2, 0) is 19.4 Å². The average molecular weight is 603 g/mol. The molecule has 2 aromatic carbocycles. The minimum atomic E-state index is -4.33. The Kier molecular flexibility index (Phi) is 9.02. The number of benzene rings is 2. The molecule has 1 aliphatic heterocycles. The smallest absolute Gasteiger partial charge is 0.326 e. The van der Waals surface area contributed by atoms with E-state index >= 15 is 4.39 Å². The molecule has 5 N–H and O–H groups in total. The van der Waals surface area contributed by atoms with Gasteiger partial charge in [0, 0.05) is 25.7 Å². The number of rotatable bonds is 11. The predicted octanol–water partition coefficient (Wildman–Crippen LogP) is 2.58. The lowest BCUT2D eigenvalue weighted by atomic mass is 10.1. The third-order valence-electron chi connectivity index (χ3n) is 6.19. The number of likely N-dealkylation sites (N-methyl/N-ethyl adjacent to an activating group) is 1. The van der Waals surface area contributed by atoms with Crippen LogP contribution in [-0.4, -0.2) is 74.5 Å². The van der Waals surface area contributed by atoms with Gasteiger partial charge < -0.3 is 30.6 Å². The topological polar surface area (TPSA) is 183 Å². The van der Waals surface area contributed by atoms with Crippen molar-refractivity contribution in [1.82, 2.24) is 9.88 Å². The highest BCUT2D eigenvalue weighted by molar-refractivity contribution is 7.92. The van der Waals surface area contributed by atoms with E-state index in [2.05, 4.69) is 9.98 Å². The Morgan fingerprint density at radius 1 is 1.19 bits per heavy atom. The minimum absolute atomic E-state index is 0.0403. The zero-order valence-corrected chi connectivity index (χ0v) is 23.5. The number of esters is 1. The third-order valence-corrected chi connectivity index (χ3v) is 8.23. The Hall–Kier alpha value is -4.63. The quantitative estimate of drug-likeness (QED) is 0.167. The van der Waals surface area contributed by atoms with Crippen molar-refractivity contribution < 1.29 is 36.2 Å². The summed E-state index contributed by atoms with van der Waals surface area (Å²) in [5, 5.41) is 5.89. The summed E-state index contributed by atoms with van der Waals surface area (Å²) in [5.74, 6) is -4.92. The number of carbonyl (C=O) groups is 1. The van der Waals surface area contributed by atoms with E-state index < -0.39 is 50.9 Å². The van der Waals surface area contributed by atoms with Crippen LogP contribution < -0.4 is 20.9 Å². The molecule has 3 aromatic rings. The molecule has 15 heteroatoms. The Labute approximate surface area is 240 Å². The van der Waals surface area contributed by atoms with Gasteiger partial charge in [-0.2, -0.15) is 4.39 Å². The standard InChI is InChI=1S/C27H28F2N6O6S/c1-3-39-27(36)21(13-30)42(37,38)17-7-8-20(18(12-17)25-33-9-10-35(25)2)41-23-19(28)14-34-26(22(23)29)40-16-6-4-5-15(11-16)24(31)32/h4-8,11-12,14,21H,3,9-10,13,30H2,1-2H3,(H3,31,32). The molecule has 1 aromatic heterocycles. The lowest BCUT2D eigenvalue weighted by molar-refractivity contribution is -0.142. The SMILES string of the molecule is CCOC(=O)C(CN)S(=O)(=O)c1ccc(Oc2c(F)cnc(Oc3cccc(C(=N)N)c3)c2F)c(C2=NCCN2C)c1. The van der Waals surface area contributed by atoms with Crippen LogP contribution >= 0.6 is 0 Å². The molecular weight excluding hydrogens is 574 g/mol. The lowest BCUT2D eigenvalue weighted by Crippen LogP contribution is -2.38. The molecule has 0 fully saturated rings. The summed E-state index contributed by atoms with van der Waals surface area (Å²) in [5.41, 5.74) is 11.5. The van der Waals surface area contributed by atoms with Crippen LogP contribution in [0.1, 0.15) is 18.1 Å². The number of hydrogen-bond acceptors (Lipinski definition) is 11. The molecule has 0 aliphatic carbocycles. The van der Waals surface area contributed by atoms with E-state index in [0.29, 0.717) is 30.7 Å². The van der Waals surface area contributed by atoms with Crippen LogP contribution in [0.25, 0.3) is 0 Å². The molecule has 0 amide bonds. The van der Waals surface area contributed by atoms with Crippen LogP contribution in [0.4, 0.5) is 8.78 Å². The lowest BCUT2D eigenvalue weighted by Gasteiger charge is -2.20. The number of aliphatic imine (C=N–C) groups is 1. The first-order chi connectivity index (χ1) is 20.0. The molecule has 1 unspecified atom stereocenters. The molecular formula is C27H28F2N6O6S. The normalized spacial score (nSPS) is 13.8. The van der Waals surface area contributed by atoms with Gasteiger partial charge in [-0.1, -0.05) is 12.1 Å². The van der Waals surface area contributed by atoms with Crippen LogP contribution in [0.5, 0.6) is 23.1 Å². The molecule has 1 aliphatic rings. The number of nitrogen functional groups attached to an aromatic ring is 1. The zero-order valence-electron chi connectivity index (χ0n) is 22.6. The Balaban J connectivity index is 1.76. The predicted molar refractivity (Wildman–Crippen MR) is 149 cm³/mol. The summed E-state index contributed by atoms with van der Waals surface area (Å²) in [7, 11) is -2.63. The first-order valence-corrected chi connectivity index (χ1v) is 14.2. The van der Waals surface area contributed by atoms with Crippen molar-refractivity contribution in [2.24, 2.45) is 16.5 Å². The van der Waals surface area contributed by atoms with Gasteiger partial charge in [-0.25, -0.2) is 17.8 Å². The molecule has 222 valence electrons. The number of ether oxygens (including phenoxy) is 3. The maximum atomic E-state index is 15.5. The van der Waals surface area contributed by atoms with Gasteiger partial charge in [0.2, 0.25) is 11.6 Å². The first kappa shape index (κ1) is 30.3. The zero-order chi connectivity index (χ0) is 30.6. The molecule has 0 spiro atoms. The maximum absolute atomic E-state index is 15.5. The largest absolute Gasteiger partial charge is 0.465 e. The Morgan fingerprint density at radius 2 is 1.95 bits per heavy atom. The van der Waals surface area contributed by atoms with Crippen LogP contribution in [0.15, 0.2) is 58.5 Å².